The molecule has 0 aromatic heterocycles. The molecule has 0 heterocycles. The molecule has 2 aromatic carbocycles. The monoisotopic (exact) mass is 326 g/mol. The van der Waals surface area contributed by atoms with Gasteiger partial charge in [0.1, 0.15) is 0 Å². The van der Waals surface area contributed by atoms with Crippen molar-refractivity contribution < 1.29 is 19.0 Å². The lowest BCUT2D eigenvalue weighted by atomic mass is 10.0. The summed E-state index contributed by atoms with van der Waals surface area (Å²) in [6, 6.07) is 9.29. The minimum Gasteiger partial charge on any atom is -0.493 e. The number of hydrogen-bond acceptors (Lipinski definition) is 4. The van der Waals surface area contributed by atoms with Crippen LogP contribution in [0.4, 0.5) is 0 Å². The second-order valence-corrected chi connectivity index (χ2v) is 5.42. The minimum atomic E-state index is -0.0602. The number of carbonyl (C=O) groups is 1. The molecular weight excluding hydrogens is 304 g/mol. The third-order valence-corrected chi connectivity index (χ3v) is 3.94. The van der Waals surface area contributed by atoms with E-state index in [1.807, 2.05) is 38.1 Å². The lowest BCUT2D eigenvalue weighted by Crippen LogP contribution is -1.98. The molecule has 0 spiro atoms. The van der Waals surface area contributed by atoms with Gasteiger partial charge in [-0.2, -0.15) is 0 Å². The van der Waals surface area contributed by atoms with Crippen molar-refractivity contribution in [2.45, 2.75) is 13.8 Å². The fraction of sp³-hybridized carbons (Fsp3) is 0.250. The molecule has 2 aromatic rings. The maximum absolute atomic E-state index is 12.4. The fourth-order valence-electron chi connectivity index (χ4n) is 2.41. The van der Waals surface area contributed by atoms with Crippen LogP contribution in [0.2, 0.25) is 0 Å². The van der Waals surface area contributed by atoms with Crippen molar-refractivity contribution in [3.8, 4) is 17.2 Å². The van der Waals surface area contributed by atoms with E-state index in [1.54, 1.807) is 33.5 Å². The van der Waals surface area contributed by atoms with Crippen LogP contribution in [0.25, 0.3) is 6.08 Å². The van der Waals surface area contributed by atoms with E-state index in [0.29, 0.717) is 22.8 Å². The Morgan fingerprint density at radius 1 is 0.875 bits per heavy atom. The van der Waals surface area contributed by atoms with E-state index in [-0.39, 0.29) is 5.78 Å². The van der Waals surface area contributed by atoms with Gasteiger partial charge in [-0.25, -0.2) is 0 Å². The SMILES string of the molecule is COc1ccc(C=CC(=O)c2ccc(C)c(C)c2)c(OC)c1OC. The second-order valence-electron chi connectivity index (χ2n) is 5.42. The number of hydrogen-bond donors (Lipinski definition) is 0. The second kappa shape index (κ2) is 7.68. The fourth-order valence-corrected chi connectivity index (χ4v) is 2.41. The van der Waals surface area contributed by atoms with Crippen LogP contribution < -0.4 is 14.2 Å². The van der Waals surface area contributed by atoms with Crippen LogP contribution in [0.15, 0.2) is 36.4 Å². The molecule has 0 N–H and O–H groups in total. The van der Waals surface area contributed by atoms with Crippen LogP contribution in [-0.4, -0.2) is 27.1 Å². The number of aryl methyl sites for hydroxylation is 2. The summed E-state index contributed by atoms with van der Waals surface area (Å²) in [5.74, 6) is 1.55. The quantitative estimate of drug-likeness (QED) is 0.589. The van der Waals surface area contributed by atoms with Crippen LogP contribution >= 0.6 is 0 Å². The van der Waals surface area contributed by atoms with Crippen molar-refractivity contribution in [2.24, 2.45) is 0 Å². The zero-order valence-electron chi connectivity index (χ0n) is 14.7. The third kappa shape index (κ3) is 3.59. The Morgan fingerprint density at radius 3 is 2.17 bits per heavy atom. The van der Waals surface area contributed by atoms with E-state index >= 15 is 0 Å². The standard InChI is InChI=1S/C20H22O4/c1-13-6-7-16(12-14(13)2)17(21)10-8-15-9-11-18(22-3)20(24-5)19(15)23-4/h6-12H,1-5H3. The van der Waals surface area contributed by atoms with Gasteiger partial charge in [-0.3, -0.25) is 4.79 Å². The summed E-state index contributed by atoms with van der Waals surface area (Å²) in [5.41, 5.74) is 3.66. The Balaban J connectivity index is 2.34. The van der Waals surface area contributed by atoms with E-state index < -0.39 is 0 Å². The molecule has 0 fully saturated rings. The summed E-state index contributed by atoms with van der Waals surface area (Å²) in [6.45, 7) is 4.01. The molecule has 0 atom stereocenters. The van der Waals surface area contributed by atoms with Gasteiger partial charge in [0.25, 0.3) is 0 Å². The lowest BCUT2D eigenvalue weighted by molar-refractivity contribution is 0.104. The van der Waals surface area contributed by atoms with Crippen LogP contribution in [0.1, 0.15) is 27.0 Å². The summed E-state index contributed by atoms with van der Waals surface area (Å²) >= 11 is 0. The minimum absolute atomic E-state index is 0.0602. The van der Waals surface area contributed by atoms with Gasteiger partial charge >= 0.3 is 0 Å². The number of ether oxygens (including phenoxy) is 3. The first-order valence-corrected chi connectivity index (χ1v) is 7.60. The molecule has 0 aliphatic heterocycles. The van der Waals surface area contributed by atoms with E-state index in [2.05, 4.69) is 0 Å². The number of carbonyl (C=O) groups excluding carboxylic acids is 1. The van der Waals surface area contributed by atoms with Gasteiger partial charge in [0.05, 0.1) is 21.3 Å². The highest BCUT2D eigenvalue weighted by Gasteiger charge is 2.14. The molecule has 4 nitrogen and oxygen atoms in total. The van der Waals surface area contributed by atoms with Gasteiger partial charge in [0.15, 0.2) is 17.3 Å². The largest absolute Gasteiger partial charge is 0.493 e. The maximum Gasteiger partial charge on any atom is 0.203 e. The highest BCUT2D eigenvalue weighted by atomic mass is 16.5. The van der Waals surface area contributed by atoms with Crippen molar-refractivity contribution in [3.05, 3.63) is 58.7 Å². The molecule has 0 radical (unpaired) electrons. The van der Waals surface area contributed by atoms with Crippen molar-refractivity contribution >= 4 is 11.9 Å². The summed E-state index contributed by atoms with van der Waals surface area (Å²) in [6.07, 6.45) is 3.26. The zero-order valence-corrected chi connectivity index (χ0v) is 14.7. The maximum atomic E-state index is 12.4. The average molecular weight is 326 g/mol. The molecule has 126 valence electrons. The van der Waals surface area contributed by atoms with Gasteiger partial charge in [-0.15, -0.1) is 0 Å². The lowest BCUT2D eigenvalue weighted by Gasteiger charge is -2.13. The molecular formula is C20H22O4. The normalized spacial score (nSPS) is 10.7. The van der Waals surface area contributed by atoms with Crippen LogP contribution in [0.5, 0.6) is 17.2 Å². The zero-order chi connectivity index (χ0) is 17.7. The smallest absolute Gasteiger partial charge is 0.203 e. The number of ketones is 1. The Kier molecular flexibility index (Phi) is 5.64. The molecule has 0 aliphatic rings. The summed E-state index contributed by atoms with van der Waals surface area (Å²) < 4.78 is 16.0. The van der Waals surface area contributed by atoms with Crippen LogP contribution in [0, 0.1) is 13.8 Å². The molecule has 0 saturated heterocycles. The predicted octanol–water partition coefficient (Wildman–Crippen LogP) is 4.23. The van der Waals surface area contributed by atoms with Crippen molar-refractivity contribution in [1.82, 2.24) is 0 Å². The van der Waals surface area contributed by atoms with Crippen LogP contribution in [-0.2, 0) is 0 Å². The first-order chi connectivity index (χ1) is 11.5. The number of methoxy groups -OCH3 is 3. The van der Waals surface area contributed by atoms with Crippen molar-refractivity contribution in [3.63, 3.8) is 0 Å². The number of allylic oxidation sites excluding steroid dienone is 1. The van der Waals surface area contributed by atoms with E-state index in [0.717, 1.165) is 16.7 Å². The van der Waals surface area contributed by atoms with E-state index in [4.69, 9.17) is 14.2 Å². The summed E-state index contributed by atoms with van der Waals surface area (Å²) in [7, 11) is 4.67. The summed E-state index contributed by atoms with van der Waals surface area (Å²) in [4.78, 5) is 12.4. The summed E-state index contributed by atoms with van der Waals surface area (Å²) in [5, 5.41) is 0. The average Bonchev–Trinajstić information content (AvgIpc) is 2.60. The number of benzene rings is 2. The molecule has 0 amide bonds. The van der Waals surface area contributed by atoms with Gasteiger partial charge in [-0.05, 0) is 55.3 Å². The highest BCUT2D eigenvalue weighted by Crippen LogP contribution is 2.40. The first kappa shape index (κ1) is 17.6. The van der Waals surface area contributed by atoms with Gasteiger partial charge in [0.2, 0.25) is 5.75 Å². The predicted molar refractivity (Wildman–Crippen MR) is 95.4 cm³/mol. The molecule has 2 rings (SSSR count). The first-order valence-electron chi connectivity index (χ1n) is 7.60. The van der Waals surface area contributed by atoms with Gasteiger partial charge < -0.3 is 14.2 Å². The topological polar surface area (TPSA) is 44.8 Å². The van der Waals surface area contributed by atoms with E-state index in [9.17, 15) is 4.79 Å². The molecule has 24 heavy (non-hydrogen) atoms. The van der Waals surface area contributed by atoms with Crippen molar-refractivity contribution in [1.29, 1.82) is 0 Å². The van der Waals surface area contributed by atoms with Crippen LogP contribution in [0.3, 0.4) is 0 Å². The van der Waals surface area contributed by atoms with Gasteiger partial charge in [0, 0.05) is 11.1 Å². The third-order valence-electron chi connectivity index (χ3n) is 3.94. The van der Waals surface area contributed by atoms with Crippen molar-refractivity contribution in [2.75, 3.05) is 21.3 Å². The molecule has 0 bridgehead atoms. The van der Waals surface area contributed by atoms with E-state index in [1.165, 1.54) is 6.08 Å². The Labute approximate surface area is 142 Å². The molecule has 0 saturated carbocycles. The Hall–Kier alpha value is -2.75. The van der Waals surface area contributed by atoms with Gasteiger partial charge in [-0.1, -0.05) is 12.1 Å². The Bertz CT molecular complexity index is 775. The molecule has 0 unspecified atom stereocenters. The molecule has 0 aliphatic carbocycles. The highest BCUT2D eigenvalue weighted by molar-refractivity contribution is 6.07. The number of rotatable bonds is 6. The molecule has 4 heteroatoms. The Morgan fingerprint density at radius 2 is 1.58 bits per heavy atom.